The summed E-state index contributed by atoms with van der Waals surface area (Å²) in [6.45, 7) is -1.76. The molecule has 0 fully saturated rings. The van der Waals surface area contributed by atoms with Crippen LogP contribution >= 0.6 is 23.7 Å². The van der Waals surface area contributed by atoms with Crippen LogP contribution in [0.25, 0.3) is 10.8 Å². The molecule has 2 nitrogen and oxygen atoms in total. The second-order valence-electron chi connectivity index (χ2n) is 4.81. The second kappa shape index (κ2) is 8.18. The number of rotatable bonds is 6. The summed E-state index contributed by atoms with van der Waals surface area (Å²) in [6, 6.07) is 18.1. The normalized spacial score (nSPS) is 14.5. The van der Waals surface area contributed by atoms with Crippen molar-refractivity contribution in [3.05, 3.63) is 64.9 Å². The lowest BCUT2D eigenvalue weighted by molar-refractivity contribution is 0.201. The van der Waals surface area contributed by atoms with Gasteiger partial charge in [0.25, 0.3) is 0 Å². The zero-order valence-electron chi connectivity index (χ0n) is 15.0. The van der Waals surface area contributed by atoms with Crippen molar-refractivity contribution < 1.29 is 8.85 Å². The lowest BCUT2D eigenvalue weighted by Crippen LogP contribution is -2.15. The van der Waals surface area contributed by atoms with Gasteiger partial charge < -0.3 is 10.1 Å². The maximum absolute atomic E-state index is 7.26. The van der Waals surface area contributed by atoms with Gasteiger partial charge in [0.05, 0.1) is 0 Å². The van der Waals surface area contributed by atoms with Crippen LogP contribution in [0.1, 0.15) is 21.5 Å². The van der Waals surface area contributed by atoms with Crippen LogP contribution in [-0.2, 0) is 0 Å². The van der Waals surface area contributed by atoms with Crippen LogP contribution in [0.2, 0.25) is 0 Å². The molecule has 2 aromatic carbocycles. The number of ether oxygens (including phenoxy) is 1. The molecule has 4 heteroatoms. The summed E-state index contributed by atoms with van der Waals surface area (Å²) in [6.07, 6.45) is 0.410. The van der Waals surface area contributed by atoms with Gasteiger partial charge in [0.2, 0.25) is 0 Å². The van der Waals surface area contributed by atoms with Gasteiger partial charge in [-0.15, -0.1) is 23.7 Å². The number of halogens is 1. The summed E-state index contributed by atoms with van der Waals surface area (Å²) in [5.74, 6) is 0.820. The molecule has 0 aliphatic rings. The van der Waals surface area contributed by atoms with E-state index in [0.717, 1.165) is 21.4 Å². The van der Waals surface area contributed by atoms with Crippen molar-refractivity contribution in [2.24, 2.45) is 0 Å². The number of hydrogen-bond donors (Lipinski definition) is 1. The average Bonchev–Trinajstić information content (AvgIpc) is 3.07. The van der Waals surface area contributed by atoms with E-state index in [1.165, 1.54) is 0 Å². The molecule has 0 saturated heterocycles. The zero-order chi connectivity index (χ0) is 17.0. The van der Waals surface area contributed by atoms with Crippen molar-refractivity contribution in [2.75, 3.05) is 13.5 Å². The van der Waals surface area contributed by atoms with E-state index < -0.39 is 6.98 Å². The Kier molecular flexibility index (Phi) is 4.81. The summed E-state index contributed by atoms with van der Waals surface area (Å²) < 4.78 is 28.1. The fraction of sp³-hybridized carbons (Fsp3) is 0.222. The average molecular weight is 337 g/mol. The van der Waals surface area contributed by atoms with Crippen molar-refractivity contribution >= 4 is 34.5 Å². The van der Waals surface area contributed by atoms with Gasteiger partial charge in [0.1, 0.15) is 11.9 Å². The highest BCUT2D eigenvalue weighted by molar-refractivity contribution is 7.10. The number of fused-ring (bicyclic) bond motifs is 1. The lowest BCUT2D eigenvalue weighted by atomic mass is 10.1. The van der Waals surface area contributed by atoms with Gasteiger partial charge in [-0.1, -0.05) is 42.5 Å². The summed E-state index contributed by atoms with van der Waals surface area (Å²) in [4.78, 5) is 1.09. The van der Waals surface area contributed by atoms with E-state index in [-0.39, 0.29) is 18.5 Å². The quantitative estimate of drug-likeness (QED) is 0.680. The molecule has 22 heavy (non-hydrogen) atoms. The van der Waals surface area contributed by atoms with Crippen LogP contribution < -0.4 is 10.1 Å². The van der Waals surface area contributed by atoms with E-state index in [4.69, 9.17) is 8.85 Å². The molecular weight excluding hydrogens is 314 g/mol. The number of benzene rings is 2. The minimum absolute atomic E-state index is 0. The maximum atomic E-state index is 7.26. The fourth-order valence-electron chi connectivity index (χ4n) is 2.39. The van der Waals surface area contributed by atoms with Crippen molar-refractivity contribution in [1.82, 2.24) is 5.32 Å². The number of hydrogen-bond acceptors (Lipinski definition) is 3. The Labute approximate surface area is 145 Å². The summed E-state index contributed by atoms with van der Waals surface area (Å²) in [5, 5.41) is 6.75. The molecule has 3 aromatic rings. The maximum Gasteiger partial charge on any atom is 0.134 e. The SMILES string of the molecule is Cl.[2H]C([2H])([2H])NCCC(Oc1cccc2ccccc12)c1cccs1. The molecule has 1 N–H and O–H groups in total. The topological polar surface area (TPSA) is 21.3 Å². The molecule has 0 saturated carbocycles. The highest BCUT2D eigenvalue weighted by Crippen LogP contribution is 2.32. The van der Waals surface area contributed by atoms with Gasteiger partial charge in [0.15, 0.2) is 0 Å². The number of thiophene rings is 1. The highest BCUT2D eigenvalue weighted by Gasteiger charge is 2.15. The molecule has 1 aromatic heterocycles. The highest BCUT2D eigenvalue weighted by atomic mass is 35.5. The Morgan fingerprint density at radius 2 is 2.00 bits per heavy atom. The molecule has 0 amide bonds. The van der Waals surface area contributed by atoms with E-state index in [0.29, 0.717) is 13.0 Å². The van der Waals surface area contributed by atoms with Crippen LogP contribution in [0.4, 0.5) is 0 Å². The monoisotopic (exact) mass is 336 g/mol. The Balaban J connectivity index is 0.00000225. The van der Waals surface area contributed by atoms with E-state index in [9.17, 15) is 0 Å². The first-order valence-corrected chi connectivity index (χ1v) is 7.84. The molecule has 0 aliphatic carbocycles. The van der Waals surface area contributed by atoms with Crippen molar-refractivity contribution in [1.29, 1.82) is 0 Å². The van der Waals surface area contributed by atoms with Crippen molar-refractivity contribution in [3.8, 4) is 5.75 Å². The van der Waals surface area contributed by atoms with E-state index in [2.05, 4.69) is 17.4 Å². The van der Waals surface area contributed by atoms with E-state index in [1.807, 2.05) is 47.8 Å². The van der Waals surface area contributed by atoms with Crippen LogP contribution in [-0.4, -0.2) is 13.5 Å². The third-order valence-corrected chi connectivity index (χ3v) is 4.38. The number of nitrogens with one attached hydrogen (secondary N) is 1. The minimum atomic E-state index is -2.13. The molecule has 1 unspecified atom stereocenters. The van der Waals surface area contributed by atoms with Crippen LogP contribution in [0.15, 0.2) is 60.0 Å². The molecule has 1 atom stereocenters. The largest absolute Gasteiger partial charge is 0.484 e. The first kappa shape index (κ1) is 12.9. The molecule has 0 radical (unpaired) electrons. The van der Waals surface area contributed by atoms with Gasteiger partial charge in [-0.2, -0.15) is 0 Å². The molecule has 1 heterocycles. The lowest BCUT2D eigenvalue weighted by Gasteiger charge is -2.19. The van der Waals surface area contributed by atoms with Gasteiger partial charge in [-0.25, -0.2) is 0 Å². The standard InChI is InChI=1S/C18H19NOS.ClH/c1-19-12-11-17(18-10-5-13-21-18)20-16-9-4-7-14-6-2-3-8-15(14)16;/h2-10,13,17,19H,11-12H2,1H3;1H/i1D3;. The molecule has 3 rings (SSSR count). The molecule has 0 aliphatic heterocycles. The van der Waals surface area contributed by atoms with E-state index in [1.54, 1.807) is 11.3 Å². The zero-order valence-corrected chi connectivity index (χ0v) is 13.6. The Morgan fingerprint density at radius 3 is 2.82 bits per heavy atom. The Hall–Kier alpha value is -1.55. The smallest absolute Gasteiger partial charge is 0.134 e. The predicted molar refractivity (Wildman–Crippen MR) is 97.4 cm³/mol. The molecular formula is C18H20ClNOS. The Bertz CT molecular complexity index is 787. The molecule has 0 bridgehead atoms. The molecule has 0 spiro atoms. The van der Waals surface area contributed by atoms with Crippen LogP contribution in [0, 0.1) is 0 Å². The first-order valence-electron chi connectivity index (χ1n) is 8.46. The fourth-order valence-corrected chi connectivity index (χ4v) is 3.18. The van der Waals surface area contributed by atoms with E-state index >= 15 is 0 Å². The van der Waals surface area contributed by atoms with Gasteiger partial charge in [0, 0.05) is 20.8 Å². The third kappa shape index (κ3) is 3.80. The van der Waals surface area contributed by atoms with Crippen molar-refractivity contribution in [3.63, 3.8) is 0 Å². The van der Waals surface area contributed by atoms with Gasteiger partial charge in [-0.05, 0) is 36.4 Å². The predicted octanol–water partition coefficient (Wildman–Crippen LogP) is 5.05. The first-order chi connectivity index (χ1) is 11.5. The summed E-state index contributed by atoms with van der Waals surface area (Å²) in [7, 11) is 0. The second-order valence-corrected chi connectivity index (χ2v) is 5.79. The summed E-state index contributed by atoms with van der Waals surface area (Å²) in [5.41, 5.74) is 0. The van der Waals surface area contributed by atoms with Gasteiger partial charge >= 0.3 is 0 Å². The van der Waals surface area contributed by atoms with Crippen LogP contribution in [0.3, 0.4) is 0 Å². The minimum Gasteiger partial charge on any atom is -0.484 e. The van der Waals surface area contributed by atoms with Crippen LogP contribution in [0.5, 0.6) is 5.75 Å². The third-order valence-electron chi connectivity index (χ3n) is 3.41. The van der Waals surface area contributed by atoms with Crippen molar-refractivity contribution in [2.45, 2.75) is 12.5 Å². The van der Waals surface area contributed by atoms with Gasteiger partial charge in [-0.3, -0.25) is 0 Å². The summed E-state index contributed by atoms with van der Waals surface area (Å²) >= 11 is 1.62. The molecule has 116 valence electrons. The Morgan fingerprint density at radius 1 is 1.14 bits per heavy atom.